The second-order valence-corrected chi connectivity index (χ2v) is 5.61. The molecule has 1 aromatic rings. The van der Waals surface area contributed by atoms with Crippen LogP contribution in [-0.4, -0.2) is 50.0 Å². The van der Waals surface area contributed by atoms with Gasteiger partial charge >= 0.3 is 6.61 Å². The number of ether oxygens (including phenoxy) is 1. The van der Waals surface area contributed by atoms with E-state index in [1.165, 1.54) is 29.2 Å². The molecule has 0 saturated carbocycles. The normalized spacial score (nSPS) is 16.5. The smallest absolute Gasteiger partial charge is 0.387 e. The fourth-order valence-electron chi connectivity index (χ4n) is 2.57. The fraction of sp³-hybridized carbons (Fsp3) is 0.438. The van der Waals surface area contributed by atoms with Gasteiger partial charge in [-0.15, -0.1) is 12.4 Å². The van der Waals surface area contributed by atoms with Crippen LogP contribution in [0.15, 0.2) is 24.3 Å². The van der Waals surface area contributed by atoms with Crippen molar-refractivity contribution in [1.82, 2.24) is 10.6 Å². The molecule has 8 nitrogen and oxygen atoms in total. The summed E-state index contributed by atoms with van der Waals surface area (Å²) in [6.07, 6.45) is 1.12. The van der Waals surface area contributed by atoms with E-state index in [9.17, 15) is 23.2 Å². The van der Waals surface area contributed by atoms with Gasteiger partial charge in [-0.25, -0.2) is 0 Å². The van der Waals surface area contributed by atoms with Crippen LogP contribution >= 0.6 is 12.4 Å². The molecule has 27 heavy (non-hydrogen) atoms. The van der Waals surface area contributed by atoms with Crippen LogP contribution in [0.2, 0.25) is 0 Å². The van der Waals surface area contributed by atoms with E-state index in [4.69, 9.17) is 5.73 Å². The van der Waals surface area contributed by atoms with Gasteiger partial charge in [0.05, 0.1) is 13.1 Å². The number of nitrogens with zero attached hydrogens (tertiary/aromatic N) is 1. The molecule has 1 atom stereocenters. The lowest BCUT2D eigenvalue weighted by atomic mass is 10.0. The van der Waals surface area contributed by atoms with E-state index in [0.29, 0.717) is 25.1 Å². The third kappa shape index (κ3) is 6.65. The molecule has 11 heteroatoms. The maximum absolute atomic E-state index is 12.6. The number of carbonyl (C=O) groups is 3. The van der Waals surface area contributed by atoms with E-state index in [1.807, 2.05) is 0 Å². The average Bonchev–Trinajstić information content (AvgIpc) is 2.62. The Morgan fingerprint density at radius 1 is 1.26 bits per heavy atom. The Kier molecular flexibility index (Phi) is 8.89. The topological polar surface area (TPSA) is 114 Å². The summed E-state index contributed by atoms with van der Waals surface area (Å²) < 4.78 is 28.6. The lowest BCUT2D eigenvalue weighted by molar-refractivity contribution is -0.129. The first kappa shape index (κ1) is 22.6. The van der Waals surface area contributed by atoms with E-state index in [0.717, 1.165) is 0 Å². The molecule has 1 unspecified atom stereocenters. The number of hydrogen-bond donors (Lipinski definition) is 3. The minimum absolute atomic E-state index is 0. The van der Waals surface area contributed by atoms with Gasteiger partial charge in [0.2, 0.25) is 17.7 Å². The zero-order valence-corrected chi connectivity index (χ0v) is 15.1. The molecule has 1 aromatic carbocycles. The second kappa shape index (κ2) is 10.6. The van der Waals surface area contributed by atoms with Crippen molar-refractivity contribution in [3.05, 3.63) is 24.3 Å². The maximum atomic E-state index is 12.6. The number of piperidine rings is 1. The van der Waals surface area contributed by atoms with Crippen LogP contribution in [-0.2, 0) is 14.4 Å². The molecule has 1 heterocycles. The monoisotopic (exact) mass is 406 g/mol. The Hall–Kier alpha value is -2.46. The molecular formula is C16H21ClF2N4O4. The lowest BCUT2D eigenvalue weighted by Crippen LogP contribution is -2.54. The summed E-state index contributed by atoms with van der Waals surface area (Å²) in [6, 6.07) is 4.98. The summed E-state index contributed by atoms with van der Waals surface area (Å²) in [6.45, 7) is -2.96. The predicted octanol–water partition coefficient (Wildman–Crippen LogP) is 0.396. The van der Waals surface area contributed by atoms with Crippen molar-refractivity contribution in [1.29, 1.82) is 0 Å². The molecule has 3 amide bonds. The number of carbonyl (C=O) groups excluding carboxylic acids is 3. The Bertz CT molecular complexity index is 660. The molecule has 1 fully saturated rings. The molecule has 0 aromatic heterocycles. The summed E-state index contributed by atoms with van der Waals surface area (Å²) in [5.74, 6) is -1.28. The highest BCUT2D eigenvalue weighted by molar-refractivity contribution is 6.00. The van der Waals surface area contributed by atoms with Gasteiger partial charge in [0.25, 0.3) is 0 Å². The van der Waals surface area contributed by atoms with E-state index < -0.39 is 24.5 Å². The highest BCUT2D eigenvalue weighted by Crippen LogP contribution is 2.24. The van der Waals surface area contributed by atoms with E-state index in [2.05, 4.69) is 15.4 Å². The Morgan fingerprint density at radius 2 is 1.93 bits per heavy atom. The summed E-state index contributed by atoms with van der Waals surface area (Å²) >= 11 is 0. The summed E-state index contributed by atoms with van der Waals surface area (Å²) in [5, 5.41) is 4.90. The first-order valence-electron chi connectivity index (χ1n) is 8.03. The first-order valence-corrected chi connectivity index (χ1v) is 8.03. The minimum Gasteiger partial charge on any atom is -0.435 e. The number of nitrogens with two attached hydrogens (primary N) is 1. The number of nitrogens with one attached hydrogen (secondary N) is 2. The van der Waals surface area contributed by atoms with Gasteiger partial charge in [-0.05, 0) is 37.1 Å². The van der Waals surface area contributed by atoms with Crippen LogP contribution in [0.1, 0.15) is 12.8 Å². The third-order valence-electron chi connectivity index (χ3n) is 3.78. The van der Waals surface area contributed by atoms with Gasteiger partial charge in [-0.1, -0.05) is 0 Å². The number of rotatable bonds is 7. The van der Waals surface area contributed by atoms with E-state index >= 15 is 0 Å². The standard InChI is InChI=1S/C16H20F2N4O4.ClH/c17-16(18)26-11-5-3-10(4-6-11)22-7-1-2-12(15(22)25)21-14(24)9-20-13(23)8-19;/h3-6,12,16H,1-2,7-9,19H2,(H,20,23)(H,21,24);1H. The number of halogens is 3. The predicted molar refractivity (Wildman–Crippen MR) is 95.9 cm³/mol. The van der Waals surface area contributed by atoms with Crippen LogP contribution in [0, 0.1) is 0 Å². The van der Waals surface area contributed by atoms with Gasteiger partial charge in [0.1, 0.15) is 11.8 Å². The molecule has 0 radical (unpaired) electrons. The van der Waals surface area contributed by atoms with Crippen molar-refractivity contribution >= 4 is 35.8 Å². The van der Waals surface area contributed by atoms with Gasteiger partial charge in [-0.2, -0.15) is 8.78 Å². The third-order valence-corrected chi connectivity index (χ3v) is 3.78. The lowest BCUT2D eigenvalue weighted by Gasteiger charge is -2.32. The molecule has 4 N–H and O–H groups in total. The molecular weight excluding hydrogens is 386 g/mol. The number of benzene rings is 1. The van der Waals surface area contributed by atoms with Crippen molar-refractivity contribution in [3.8, 4) is 5.75 Å². The van der Waals surface area contributed by atoms with Crippen LogP contribution < -0.4 is 26.0 Å². The number of hydrogen-bond acceptors (Lipinski definition) is 5. The van der Waals surface area contributed by atoms with Crippen molar-refractivity contribution in [2.75, 3.05) is 24.5 Å². The van der Waals surface area contributed by atoms with E-state index in [1.54, 1.807) is 0 Å². The Labute approximate surface area is 160 Å². The van der Waals surface area contributed by atoms with Crippen molar-refractivity contribution < 1.29 is 27.9 Å². The SMILES string of the molecule is Cl.NCC(=O)NCC(=O)NC1CCCN(c2ccc(OC(F)F)cc2)C1=O. The zero-order valence-electron chi connectivity index (χ0n) is 14.3. The molecule has 1 aliphatic rings. The minimum atomic E-state index is -2.92. The molecule has 0 aliphatic carbocycles. The largest absolute Gasteiger partial charge is 0.435 e. The van der Waals surface area contributed by atoms with Crippen LogP contribution in [0.25, 0.3) is 0 Å². The highest BCUT2D eigenvalue weighted by atomic mass is 35.5. The fourth-order valence-corrected chi connectivity index (χ4v) is 2.57. The zero-order chi connectivity index (χ0) is 19.1. The van der Waals surface area contributed by atoms with Gasteiger partial charge in [0.15, 0.2) is 0 Å². The number of anilines is 1. The first-order chi connectivity index (χ1) is 12.4. The number of alkyl halides is 2. The molecule has 1 saturated heterocycles. The van der Waals surface area contributed by atoms with Crippen molar-refractivity contribution in [3.63, 3.8) is 0 Å². The number of amides is 3. The van der Waals surface area contributed by atoms with Gasteiger partial charge in [0, 0.05) is 12.2 Å². The Balaban J connectivity index is 0.00000364. The van der Waals surface area contributed by atoms with E-state index in [-0.39, 0.29) is 37.2 Å². The average molecular weight is 407 g/mol. The summed E-state index contributed by atoms with van der Waals surface area (Å²) in [5.41, 5.74) is 5.65. The molecule has 0 spiro atoms. The van der Waals surface area contributed by atoms with Crippen LogP contribution in [0.5, 0.6) is 5.75 Å². The van der Waals surface area contributed by atoms with Crippen molar-refractivity contribution in [2.24, 2.45) is 5.73 Å². The molecule has 2 rings (SSSR count). The molecule has 1 aliphatic heterocycles. The molecule has 150 valence electrons. The molecule has 0 bridgehead atoms. The quantitative estimate of drug-likeness (QED) is 0.606. The summed E-state index contributed by atoms with van der Waals surface area (Å²) in [4.78, 5) is 36.9. The second-order valence-electron chi connectivity index (χ2n) is 5.61. The van der Waals surface area contributed by atoms with Crippen LogP contribution in [0.3, 0.4) is 0 Å². The van der Waals surface area contributed by atoms with Crippen molar-refractivity contribution in [2.45, 2.75) is 25.5 Å². The van der Waals surface area contributed by atoms with Crippen LogP contribution in [0.4, 0.5) is 14.5 Å². The Morgan fingerprint density at radius 3 is 2.52 bits per heavy atom. The van der Waals surface area contributed by atoms with Gasteiger partial charge in [-0.3, -0.25) is 14.4 Å². The highest BCUT2D eigenvalue weighted by Gasteiger charge is 2.30. The van der Waals surface area contributed by atoms with Gasteiger partial charge < -0.3 is 26.0 Å². The maximum Gasteiger partial charge on any atom is 0.387 e. The summed E-state index contributed by atoms with van der Waals surface area (Å²) in [7, 11) is 0.